The average molecular weight is 364 g/mol. The summed E-state index contributed by atoms with van der Waals surface area (Å²) >= 11 is 0. The first-order valence-corrected chi connectivity index (χ1v) is 9.20. The highest BCUT2D eigenvalue weighted by Gasteiger charge is 2.28. The van der Waals surface area contributed by atoms with Crippen LogP contribution in [0, 0.1) is 0 Å². The highest BCUT2D eigenvalue weighted by molar-refractivity contribution is 6.32. The summed E-state index contributed by atoms with van der Waals surface area (Å²) in [6, 6.07) is 15.1. The number of hydrogen-bond acceptors (Lipinski definition) is 4. The van der Waals surface area contributed by atoms with E-state index in [1.54, 1.807) is 0 Å². The van der Waals surface area contributed by atoms with Crippen LogP contribution in [-0.2, 0) is 4.79 Å². The molecular weight excluding hydrogens is 340 g/mol. The molecule has 0 saturated heterocycles. The molecule has 0 atom stereocenters. The first-order chi connectivity index (χ1) is 13.1. The fourth-order valence-electron chi connectivity index (χ4n) is 2.81. The van der Waals surface area contributed by atoms with Gasteiger partial charge in [-0.2, -0.15) is 10.1 Å². The van der Waals surface area contributed by atoms with Crippen LogP contribution in [0.4, 0.5) is 5.69 Å². The van der Waals surface area contributed by atoms with Gasteiger partial charge in [-0.25, -0.2) is 0 Å². The Labute approximate surface area is 159 Å². The van der Waals surface area contributed by atoms with Gasteiger partial charge in [0.15, 0.2) is 11.5 Å². The van der Waals surface area contributed by atoms with Gasteiger partial charge < -0.3 is 9.47 Å². The lowest BCUT2D eigenvalue weighted by Crippen LogP contribution is -2.21. The second kappa shape index (κ2) is 8.54. The summed E-state index contributed by atoms with van der Waals surface area (Å²) < 4.78 is 11.4. The molecule has 140 valence electrons. The van der Waals surface area contributed by atoms with Crippen molar-refractivity contribution in [3.8, 4) is 11.5 Å². The standard InChI is InChI=1S/C22H24N2O3/c1-4-13-27-20-12-11-17(15-21(20)26-5-2)14-19-16(3)23-24(22(19)25)18-9-7-6-8-10-18/h6-12,14-15H,4-5,13H2,1-3H3/b19-14+. The van der Waals surface area contributed by atoms with Crippen LogP contribution in [0.3, 0.4) is 0 Å². The molecule has 2 aromatic carbocycles. The van der Waals surface area contributed by atoms with Crippen molar-refractivity contribution >= 4 is 23.4 Å². The van der Waals surface area contributed by atoms with Crippen LogP contribution in [0.5, 0.6) is 11.5 Å². The molecule has 1 aliphatic rings. The molecule has 1 amide bonds. The fraction of sp³-hybridized carbons (Fsp3) is 0.273. The molecule has 0 unspecified atom stereocenters. The van der Waals surface area contributed by atoms with Crippen LogP contribution >= 0.6 is 0 Å². The zero-order valence-electron chi connectivity index (χ0n) is 15.9. The maximum atomic E-state index is 12.8. The molecule has 0 aromatic heterocycles. The van der Waals surface area contributed by atoms with Gasteiger partial charge in [-0.3, -0.25) is 4.79 Å². The van der Waals surface area contributed by atoms with Gasteiger partial charge in [-0.15, -0.1) is 0 Å². The summed E-state index contributed by atoms with van der Waals surface area (Å²) in [4.78, 5) is 12.8. The van der Waals surface area contributed by atoms with Crippen molar-refractivity contribution in [2.75, 3.05) is 18.2 Å². The van der Waals surface area contributed by atoms with E-state index in [2.05, 4.69) is 12.0 Å². The van der Waals surface area contributed by atoms with Crippen molar-refractivity contribution in [3.63, 3.8) is 0 Å². The van der Waals surface area contributed by atoms with E-state index in [4.69, 9.17) is 9.47 Å². The molecule has 0 fully saturated rings. The van der Waals surface area contributed by atoms with E-state index in [1.807, 2.05) is 68.5 Å². The van der Waals surface area contributed by atoms with Crippen molar-refractivity contribution in [1.82, 2.24) is 0 Å². The second-order valence-electron chi connectivity index (χ2n) is 6.18. The molecule has 5 nitrogen and oxygen atoms in total. The quantitative estimate of drug-likeness (QED) is 0.670. The zero-order valence-corrected chi connectivity index (χ0v) is 15.9. The van der Waals surface area contributed by atoms with Crippen molar-refractivity contribution in [2.24, 2.45) is 5.10 Å². The van der Waals surface area contributed by atoms with Crippen molar-refractivity contribution in [2.45, 2.75) is 27.2 Å². The third kappa shape index (κ3) is 4.19. The van der Waals surface area contributed by atoms with Gasteiger partial charge in [0.25, 0.3) is 5.91 Å². The lowest BCUT2D eigenvalue weighted by atomic mass is 10.1. The van der Waals surface area contributed by atoms with Crippen LogP contribution in [0.25, 0.3) is 6.08 Å². The number of ether oxygens (including phenoxy) is 2. The minimum absolute atomic E-state index is 0.136. The number of rotatable bonds is 7. The van der Waals surface area contributed by atoms with Gasteiger partial charge >= 0.3 is 0 Å². The largest absolute Gasteiger partial charge is 0.490 e. The van der Waals surface area contributed by atoms with Crippen molar-refractivity contribution in [1.29, 1.82) is 0 Å². The molecule has 1 aliphatic heterocycles. The summed E-state index contributed by atoms with van der Waals surface area (Å²) in [5.41, 5.74) is 2.88. The maximum Gasteiger partial charge on any atom is 0.280 e. The molecule has 5 heteroatoms. The van der Waals surface area contributed by atoms with E-state index >= 15 is 0 Å². The van der Waals surface area contributed by atoms with E-state index in [1.165, 1.54) is 5.01 Å². The predicted octanol–water partition coefficient (Wildman–Crippen LogP) is 4.68. The summed E-state index contributed by atoms with van der Waals surface area (Å²) in [6.45, 7) is 7.02. The maximum absolute atomic E-state index is 12.8. The fourth-order valence-corrected chi connectivity index (χ4v) is 2.81. The lowest BCUT2D eigenvalue weighted by Gasteiger charge is -2.12. The van der Waals surface area contributed by atoms with E-state index in [9.17, 15) is 4.79 Å². The molecule has 0 saturated carbocycles. The van der Waals surface area contributed by atoms with E-state index in [0.717, 1.165) is 23.4 Å². The normalized spacial score (nSPS) is 15.2. The van der Waals surface area contributed by atoms with E-state index < -0.39 is 0 Å². The third-order valence-electron chi connectivity index (χ3n) is 4.10. The second-order valence-corrected chi connectivity index (χ2v) is 6.18. The molecule has 0 bridgehead atoms. The van der Waals surface area contributed by atoms with Crippen LogP contribution in [0.2, 0.25) is 0 Å². The predicted molar refractivity (Wildman–Crippen MR) is 108 cm³/mol. The van der Waals surface area contributed by atoms with Crippen LogP contribution in [0.1, 0.15) is 32.8 Å². The minimum Gasteiger partial charge on any atom is -0.490 e. The molecule has 3 rings (SSSR count). The zero-order chi connectivity index (χ0) is 19.2. The number of para-hydroxylation sites is 1. The number of amides is 1. The van der Waals surface area contributed by atoms with Gasteiger partial charge in [-0.1, -0.05) is 31.2 Å². The molecule has 0 spiro atoms. The number of anilines is 1. The van der Waals surface area contributed by atoms with Crippen molar-refractivity contribution in [3.05, 3.63) is 59.7 Å². The van der Waals surface area contributed by atoms with Gasteiger partial charge in [0.05, 0.1) is 30.2 Å². The van der Waals surface area contributed by atoms with Crippen LogP contribution in [-0.4, -0.2) is 24.8 Å². The van der Waals surface area contributed by atoms with Gasteiger partial charge in [0, 0.05) is 0 Å². The first kappa shape index (κ1) is 18.7. The molecule has 27 heavy (non-hydrogen) atoms. The van der Waals surface area contributed by atoms with Gasteiger partial charge in [0.2, 0.25) is 0 Å². The van der Waals surface area contributed by atoms with Crippen molar-refractivity contribution < 1.29 is 14.3 Å². The number of hydrogen-bond donors (Lipinski definition) is 0. The Morgan fingerprint density at radius 1 is 1.04 bits per heavy atom. The third-order valence-corrected chi connectivity index (χ3v) is 4.10. The first-order valence-electron chi connectivity index (χ1n) is 9.20. The Bertz CT molecular complexity index is 872. The Kier molecular flexibility index (Phi) is 5.91. The molecule has 0 radical (unpaired) electrons. The molecule has 0 aliphatic carbocycles. The van der Waals surface area contributed by atoms with E-state index in [0.29, 0.717) is 30.2 Å². The Balaban J connectivity index is 1.89. The topological polar surface area (TPSA) is 51.1 Å². The number of carbonyl (C=O) groups excluding carboxylic acids is 1. The average Bonchev–Trinajstić information content (AvgIpc) is 2.96. The monoisotopic (exact) mass is 364 g/mol. The summed E-state index contributed by atoms with van der Waals surface area (Å²) in [7, 11) is 0. The highest BCUT2D eigenvalue weighted by Crippen LogP contribution is 2.31. The molecule has 1 heterocycles. The summed E-state index contributed by atoms with van der Waals surface area (Å²) in [5.74, 6) is 1.26. The smallest absolute Gasteiger partial charge is 0.280 e. The van der Waals surface area contributed by atoms with Gasteiger partial charge in [0.1, 0.15) is 0 Å². The highest BCUT2D eigenvalue weighted by atomic mass is 16.5. The molecule has 2 aromatic rings. The summed E-state index contributed by atoms with van der Waals surface area (Å²) in [6.07, 6.45) is 2.77. The number of carbonyl (C=O) groups is 1. The Hall–Kier alpha value is -3.08. The number of hydrazone groups is 1. The molecule has 0 N–H and O–H groups in total. The van der Waals surface area contributed by atoms with Crippen LogP contribution in [0.15, 0.2) is 59.2 Å². The Morgan fingerprint density at radius 3 is 2.52 bits per heavy atom. The van der Waals surface area contributed by atoms with Crippen LogP contribution < -0.4 is 14.5 Å². The lowest BCUT2D eigenvalue weighted by molar-refractivity contribution is -0.114. The van der Waals surface area contributed by atoms with Gasteiger partial charge in [-0.05, 0) is 56.2 Å². The molecular formula is C22H24N2O3. The number of benzene rings is 2. The summed E-state index contributed by atoms with van der Waals surface area (Å²) in [5, 5.41) is 5.84. The number of nitrogens with zero attached hydrogens (tertiary/aromatic N) is 2. The SMILES string of the molecule is CCCOc1ccc(/C=C2/C(=O)N(c3ccccc3)N=C2C)cc1OCC. The minimum atomic E-state index is -0.136. The van der Waals surface area contributed by atoms with E-state index in [-0.39, 0.29) is 5.91 Å². The Morgan fingerprint density at radius 2 is 1.81 bits per heavy atom.